The summed E-state index contributed by atoms with van der Waals surface area (Å²) in [5.41, 5.74) is -1.43. The summed E-state index contributed by atoms with van der Waals surface area (Å²) in [6.45, 7) is 8.14. The first-order valence-corrected chi connectivity index (χ1v) is 17.1. The predicted molar refractivity (Wildman–Crippen MR) is 167 cm³/mol. The first kappa shape index (κ1) is 32.3. The Morgan fingerprint density at radius 2 is 1.98 bits per heavy atom. The molecule has 1 N–H and O–H groups in total. The summed E-state index contributed by atoms with van der Waals surface area (Å²) in [6, 6.07) is 0. The van der Waals surface area contributed by atoms with Crippen LogP contribution in [0.2, 0.25) is 0 Å². The van der Waals surface area contributed by atoms with Crippen LogP contribution in [0.5, 0.6) is 0 Å². The van der Waals surface area contributed by atoms with Gasteiger partial charge in [-0.25, -0.2) is 4.98 Å². The van der Waals surface area contributed by atoms with Crippen LogP contribution in [0.3, 0.4) is 0 Å². The lowest BCUT2D eigenvalue weighted by molar-refractivity contribution is -0.210. The normalized spacial score (nSPS) is 40.7. The molecule has 0 radical (unpaired) electrons. The number of carbonyl (C=O) groups is 3. The number of esters is 1. The quantitative estimate of drug-likeness (QED) is 0.171. The minimum atomic E-state index is -1.30. The summed E-state index contributed by atoms with van der Waals surface area (Å²) in [5.74, 6) is 0.404. The third-order valence-corrected chi connectivity index (χ3v) is 12.4. The smallest absolute Gasteiger partial charge is 0.308 e. The lowest BCUT2D eigenvalue weighted by Gasteiger charge is -2.59. The molecule has 9 atom stereocenters. The average Bonchev–Trinajstić information content (AvgIpc) is 3.68. The highest BCUT2D eigenvalue weighted by atomic mass is 16.7. The van der Waals surface area contributed by atoms with Gasteiger partial charge < -0.3 is 23.9 Å². The predicted octanol–water partition coefficient (Wildman–Crippen LogP) is 5.28. The van der Waals surface area contributed by atoms with Gasteiger partial charge in [0.2, 0.25) is 5.78 Å². The Hall–Kier alpha value is -2.62. The Labute approximate surface area is 266 Å². The van der Waals surface area contributed by atoms with Crippen molar-refractivity contribution >= 4 is 18.0 Å². The van der Waals surface area contributed by atoms with Crippen molar-refractivity contribution in [1.82, 2.24) is 9.55 Å². The number of carbonyl (C=O) groups excluding carboxylic acids is 3. The molecule has 5 aliphatic rings. The van der Waals surface area contributed by atoms with Crippen molar-refractivity contribution in [3.8, 4) is 0 Å². The highest BCUT2D eigenvalue weighted by Crippen LogP contribution is 2.69. The fraction of sp³-hybridized carbons (Fsp3) is 0.722. The molecule has 45 heavy (non-hydrogen) atoms. The van der Waals surface area contributed by atoms with Crippen LogP contribution < -0.4 is 0 Å². The molecule has 4 aliphatic carbocycles. The van der Waals surface area contributed by atoms with E-state index in [1.54, 1.807) is 12.3 Å². The number of hydrogen-bond acceptors (Lipinski definition) is 8. The maximum absolute atomic E-state index is 14.5. The molecule has 1 aromatic rings. The third kappa shape index (κ3) is 5.27. The van der Waals surface area contributed by atoms with Crippen LogP contribution in [0.1, 0.15) is 90.8 Å². The molecule has 1 aromatic heterocycles. The van der Waals surface area contributed by atoms with Gasteiger partial charge in [-0.05, 0) is 70.3 Å². The fourth-order valence-corrected chi connectivity index (χ4v) is 10.4. The summed E-state index contributed by atoms with van der Waals surface area (Å²) in [7, 11) is 0. The van der Waals surface area contributed by atoms with Gasteiger partial charge in [-0.1, -0.05) is 50.8 Å². The number of allylic oxidation sites excluding steroid dienone is 4. The number of rotatable bonds is 9. The van der Waals surface area contributed by atoms with Gasteiger partial charge >= 0.3 is 5.97 Å². The Morgan fingerprint density at radius 3 is 2.67 bits per heavy atom. The number of aldehydes is 1. The topological polar surface area (TPSA) is 117 Å². The van der Waals surface area contributed by atoms with Gasteiger partial charge in [0.25, 0.3) is 0 Å². The van der Waals surface area contributed by atoms with Gasteiger partial charge in [-0.2, -0.15) is 0 Å². The molecule has 9 heteroatoms. The minimum Gasteiger partial charge on any atom is -0.457 e. The lowest BCUT2D eigenvalue weighted by atomic mass is 9.46. The van der Waals surface area contributed by atoms with E-state index in [2.05, 4.69) is 24.9 Å². The highest BCUT2D eigenvalue weighted by Gasteiger charge is 2.76. The van der Waals surface area contributed by atoms with Crippen molar-refractivity contribution in [2.75, 3.05) is 6.61 Å². The number of nitrogens with zero attached hydrogens (tertiary/aromatic N) is 2. The minimum absolute atomic E-state index is 0.0643. The molecule has 0 spiro atoms. The zero-order valence-corrected chi connectivity index (χ0v) is 27.3. The van der Waals surface area contributed by atoms with Crippen LogP contribution in [0.15, 0.2) is 36.2 Å². The number of imidazole rings is 1. The van der Waals surface area contributed by atoms with E-state index >= 15 is 0 Å². The van der Waals surface area contributed by atoms with E-state index in [9.17, 15) is 19.5 Å². The fourth-order valence-electron chi connectivity index (χ4n) is 10.4. The Bertz CT molecular complexity index is 1350. The van der Waals surface area contributed by atoms with Crippen LogP contribution in [-0.4, -0.2) is 63.4 Å². The zero-order valence-electron chi connectivity index (χ0n) is 27.3. The van der Waals surface area contributed by atoms with Crippen molar-refractivity contribution in [2.24, 2.45) is 34.5 Å². The largest absolute Gasteiger partial charge is 0.457 e. The number of aryl methyl sites for hydroxylation is 2. The summed E-state index contributed by atoms with van der Waals surface area (Å²) < 4.78 is 21.2. The van der Waals surface area contributed by atoms with E-state index < -0.39 is 40.9 Å². The number of aliphatic hydroxyl groups is 1. The van der Waals surface area contributed by atoms with Gasteiger partial charge in [-0.3, -0.25) is 14.4 Å². The average molecular weight is 623 g/mol. The molecule has 0 aromatic carbocycles. The first-order valence-electron chi connectivity index (χ1n) is 17.1. The zero-order chi connectivity index (χ0) is 32.0. The second-order valence-corrected chi connectivity index (χ2v) is 14.6. The molecule has 0 amide bonds. The molecular formula is C36H50N2O7. The van der Waals surface area contributed by atoms with Crippen LogP contribution >= 0.6 is 0 Å². The van der Waals surface area contributed by atoms with Gasteiger partial charge in [0.15, 0.2) is 18.5 Å². The molecular weight excluding hydrogens is 572 g/mol. The van der Waals surface area contributed by atoms with E-state index in [1.165, 1.54) is 6.42 Å². The maximum Gasteiger partial charge on any atom is 0.308 e. The van der Waals surface area contributed by atoms with Crippen LogP contribution in [0.25, 0.3) is 0 Å². The van der Waals surface area contributed by atoms with Crippen molar-refractivity contribution in [1.29, 1.82) is 0 Å². The van der Waals surface area contributed by atoms with Crippen molar-refractivity contribution in [2.45, 2.75) is 123 Å². The number of hydrogen-bond donors (Lipinski definition) is 1. The standard InChI is InChI=1S/C36H50N2O7/c1-5-15-34(3)25(14-19-39)11-12-26-27-20-30-36(35(27,4)21-28(40)32(26)34,45-33(44-30)24-9-7-6-8-10-24)29(41)22-43-31(42)13-17-38-18-16-37-23(38)2/h5,14-16,18-19,24,26-28,30,32-33,40H,6-13,17,20-22H2,1-4H3/b15-5-,25-14-/t26?,27-,28?,30+,32?,33+,34?,35?,36+/m0/s1. The molecule has 9 nitrogen and oxygen atoms in total. The second-order valence-electron chi connectivity index (χ2n) is 14.6. The number of aliphatic hydroxyl groups excluding tert-OH is 1. The third-order valence-electron chi connectivity index (χ3n) is 12.4. The Balaban J connectivity index is 1.29. The van der Waals surface area contributed by atoms with E-state index in [1.807, 2.05) is 30.7 Å². The van der Waals surface area contributed by atoms with Crippen molar-refractivity contribution in [3.63, 3.8) is 0 Å². The molecule has 6 rings (SSSR count). The van der Waals surface area contributed by atoms with E-state index in [4.69, 9.17) is 14.2 Å². The van der Waals surface area contributed by atoms with Gasteiger partial charge in [0.1, 0.15) is 12.1 Å². The van der Waals surface area contributed by atoms with Gasteiger partial charge in [-0.15, -0.1) is 0 Å². The van der Waals surface area contributed by atoms with Crippen LogP contribution in [0.4, 0.5) is 0 Å². The number of Topliss-reactive ketones (excluding diaryl/α,β-unsaturated/α-hetero) is 1. The van der Waals surface area contributed by atoms with Crippen molar-refractivity contribution in [3.05, 3.63) is 42.0 Å². The van der Waals surface area contributed by atoms with Gasteiger partial charge in [0, 0.05) is 41.6 Å². The highest BCUT2D eigenvalue weighted by molar-refractivity contribution is 5.92. The molecule has 0 bridgehead atoms. The molecule has 246 valence electrons. The first-order chi connectivity index (χ1) is 21.6. The second kappa shape index (κ2) is 12.5. The van der Waals surface area contributed by atoms with Crippen LogP contribution in [-0.2, 0) is 35.1 Å². The molecule has 1 saturated heterocycles. The summed E-state index contributed by atoms with van der Waals surface area (Å²) in [5, 5.41) is 12.0. The molecule has 4 saturated carbocycles. The SMILES string of the molecule is C/C=C\C1(C)/C(=C\C=O)CCC2C1C(O)CC1(C)[C@H]2C[C@H]2O[C@@H](C3CCCCC3)O[C@]21C(=O)COC(=O)CCn1ccnc1C. The number of fused-ring (bicyclic) bond motifs is 5. The molecule has 1 aliphatic heterocycles. The molecule has 5 fully saturated rings. The summed E-state index contributed by atoms with van der Waals surface area (Å²) in [4.78, 5) is 43.2. The molecule has 2 heterocycles. The molecule has 5 unspecified atom stereocenters. The van der Waals surface area contributed by atoms with E-state index in [0.29, 0.717) is 19.4 Å². The van der Waals surface area contributed by atoms with Crippen molar-refractivity contribution < 1.29 is 33.7 Å². The lowest BCUT2D eigenvalue weighted by Crippen LogP contribution is -2.63. The number of ether oxygens (including phenoxy) is 3. The summed E-state index contributed by atoms with van der Waals surface area (Å²) in [6.07, 6.45) is 16.7. The Morgan fingerprint density at radius 1 is 1.20 bits per heavy atom. The van der Waals surface area contributed by atoms with E-state index in [0.717, 1.165) is 56.2 Å². The summed E-state index contributed by atoms with van der Waals surface area (Å²) >= 11 is 0. The monoisotopic (exact) mass is 622 g/mol. The number of ketones is 1. The maximum atomic E-state index is 14.5. The van der Waals surface area contributed by atoms with Crippen LogP contribution in [0, 0.1) is 41.4 Å². The Kier molecular flexibility index (Phi) is 9.00. The van der Waals surface area contributed by atoms with E-state index in [-0.39, 0.29) is 42.5 Å². The number of aromatic nitrogens is 2. The van der Waals surface area contributed by atoms with Gasteiger partial charge in [0.05, 0.1) is 18.6 Å².